The molecule has 0 spiro atoms. The molecule has 6 heteroatoms. The molecule has 150 valence electrons. The second-order valence-corrected chi connectivity index (χ2v) is 8.23. The Balaban J connectivity index is 1.82. The predicted octanol–water partition coefficient (Wildman–Crippen LogP) is 4.71. The van der Waals surface area contributed by atoms with Gasteiger partial charge in [-0.3, -0.25) is 4.98 Å². The van der Waals surface area contributed by atoms with Gasteiger partial charge in [0.05, 0.1) is 11.7 Å². The smallest absolute Gasteiger partial charge is 0.174 e. The molecule has 0 bridgehead atoms. The molecular weight excluding hydrogens is 378 g/mol. The van der Waals surface area contributed by atoms with E-state index in [1.54, 1.807) is 0 Å². The Morgan fingerprint density at radius 1 is 1.03 bits per heavy atom. The van der Waals surface area contributed by atoms with Crippen molar-refractivity contribution in [3.8, 4) is 0 Å². The van der Waals surface area contributed by atoms with Gasteiger partial charge in [-0.1, -0.05) is 6.07 Å². The molecule has 1 aliphatic rings. The van der Waals surface area contributed by atoms with Crippen LogP contribution in [0.1, 0.15) is 43.4 Å². The summed E-state index contributed by atoms with van der Waals surface area (Å²) in [5.74, 6) is 0. The predicted molar refractivity (Wildman–Crippen MR) is 124 cm³/mol. The first-order chi connectivity index (χ1) is 14.0. The number of thiocarbonyl (C=S) groups is 1. The number of benzene rings is 1. The highest BCUT2D eigenvalue weighted by Gasteiger charge is 2.42. The second-order valence-electron chi connectivity index (χ2n) is 7.84. The number of hydrogen-bond acceptors (Lipinski definition) is 3. The standard InChI is InChI=1S/C23H27N5S/c1-16(2)27-15-7-9-20(27)22-21(19-8-5-6-14-24-19)25-23(29)28(22)18-12-10-17(11-13-18)26(3)4/h5-16,21-22H,1-4H3,(H,25,29). The van der Waals surface area contributed by atoms with Crippen LogP contribution >= 0.6 is 12.2 Å². The van der Waals surface area contributed by atoms with Gasteiger partial charge in [-0.15, -0.1) is 0 Å². The Morgan fingerprint density at radius 3 is 2.41 bits per heavy atom. The van der Waals surface area contributed by atoms with E-state index in [0.29, 0.717) is 6.04 Å². The van der Waals surface area contributed by atoms with Gasteiger partial charge in [0.2, 0.25) is 0 Å². The fourth-order valence-electron chi connectivity index (χ4n) is 3.97. The highest BCUT2D eigenvalue weighted by atomic mass is 32.1. The van der Waals surface area contributed by atoms with Crippen LogP contribution in [0.5, 0.6) is 0 Å². The van der Waals surface area contributed by atoms with Gasteiger partial charge in [0.25, 0.3) is 0 Å². The first-order valence-electron chi connectivity index (χ1n) is 9.92. The van der Waals surface area contributed by atoms with E-state index >= 15 is 0 Å². The van der Waals surface area contributed by atoms with Crippen molar-refractivity contribution in [1.82, 2.24) is 14.9 Å². The number of pyridine rings is 1. The lowest BCUT2D eigenvalue weighted by atomic mass is 10.0. The van der Waals surface area contributed by atoms with Crippen molar-refractivity contribution in [1.29, 1.82) is 0 Å². The van der Waals surface area contributed by atoms with E-state index in [-0.39, 0.29) is 12.1 Å². The van der Waals surface area contributed by atoms with E-state index in [1.165, 1.54) is 5.69 Å². The fraction of sp³-hybridized carbons (Fsp3) is 0.304. The number of nitrogens with zero attached hydrogens (tertiary/aromatic N) is 4. The van der Waals surface area contributed by atoms with Gasteiger partial charge in [-0.2, -0.15) is 0 Å². The quantitative estimate of drug-likeness (QED) is 0.622. The van der Waals surface area contributed by atoms with Crippen molar-refractivity contribution in [2.45, 2.75) is 32.0 Å². The van der Waals surface area contributed by atoms with Crippen LogP contribution < -0.4 is 15.1 Å². The molecule has 1 aliphatic heterocycles. The molecular formula is C23H27N5S. The van der Waals surface area contributed by atoms with Gasteiger partial charge < -0.3 is 19.7 Å². The monoisotopic (exact) mass is 405 g/mol. The van der Waals surface area contributed by atoms with Gasteiger partial charge in [0, 0.05) is 49.6 Å². The minimum Gasteiger partial charge on any atom is -0.378 e. The lowest BCUT2D eigenvalue weighted by Gasteiger charge is -2.30. The van der Waals surface area contributed by atoms with Crippen LogP contribution in [0.15, 0.2) is 67.0 Å². The molecule has 4 rings (SSSR count). The molecule has 29 heavy (non-hydrogen) atoms. The van der Waals surface area contributed by atoms with Gasteiger partial charge in [0.1, 0.15) is 6.04 Å². The molecule has 2 atom stereocenters. The lowest BCUT2D eigenvalue weighted by Crippen LogP contribution is -2.30. The highest BCUT2D eigenvalue weighted by Crippen LogP contribution is 2.42. The lowest BCUT2D eigenvalue weighted by molar-refractivity contribution is 0.497. The van der Waals surface area contributed by atoms with Crippen molar-refractivity contribution >= 4 is 28.7 Å². The third-order valence-corrected chi connectivity index (χ3v) is 5.73. The molecule has 0 amide bonds. The van der Waals surface area contributed by atoms with Gasteiger partial charge >= 0.3 is 0 Å². The number of anilines is 2. The van der Waals surface area contributed by atoms with Gasteiger partial charge in [-0.25, -0.2) is 0 Å². The maximum atomic E-state index is 5.81. The summed E-state index contributed by atoms with van der Waals surface area (Å²) in [6.07, 6.45) is 3.98. The van der Waals surface area contributed by atoms with E-state index < -0.39 is 0 Å². The SMILES string of the molecule is CC(C)n1cccc1C1C(c2ccccn2)NC(=S)N1c1ccc(N(C)C)cc1. The van der Waals surface area contributed by atoms with Crippen LogP contribution in [0, 0.1) is 0 Å². The minimum atomic E-state index is -0.0235. The van der Waals surface area contributed by atoms with Crippen molar-refractivity contribution in [2.24, 2.45) is 0 Å². The average molecular weight is 406 g/mol. The topological polar surface area (TPSA) is 36.3 Å². The molecule has 5 nitrogen and oxygen atoms in total. The summed E-state index contributed by atoms with van der Waals surface area (Å²) in [6.45, 7) is 4.41. The number of aromatic nitrogens is 2. The molecule has 0 saturated carbocycles. The molecule has 0 aliphatic carbocycles. The molecule has 1 N–H and O–H groups in total. The minimum absolute atomic E-state index is 0.0139. The normalized spacial score (nSPS) is 18.9. The van der Waals surface area contributed by atoms with Crippen LogP contribution in [0.2, 0.25) is 0 Å². The molecule has 3 aromatic rings. The molecule has 1 aromatic carbocycles. The summed E-state index contributed by atoms with van der Waals surface area (Å²) < 4.78 is 2.32. The number of nitrogens with one attached hydrogen (secondary N) is 1. The second kappa shape index (κ2) is 7.87. The molecule has 0 radical (unpaired) electrons. The Bertz CT molecular complexity index is 978. The zero-order valence-corrected chi connectivity index (χ0v) is 18.1. The zero-order chi connectivity index (χ0) is 20.5. The van der Waals surface area contributed by atoms with Crippen molar-refractivity contribution in [3.05, 3.63) is 78.4 Å². The summed E-state index contributed by atoms with van der Waals surface area (Å²) in [6, 6.07) is 19.2. The van der Waals surface area contributed by atoms with E-state index in [9.17, 15) is 0 Å². The van der Waals surface area contributed by atoms with Crippen LogP contribution in [0.3, 0.4) is 0 Å². The Morgan fingerprint density at radius 2 is 1.79 bits per heavy atom. The molecule has 2 unspecified atom stereocenters. The van der Waals surface area contributed by atoms with E-state index in [1.807, 2.05) is 32.4 Å². The molecule has 3 heterocycles. The van der Waals surface area contributed by atoms with E-state index in [4.69, 9.17) is 12.2 Å². The fourth-order valence-corrected chi connectivity index (χ4v) is 4.32. The van der Waals surface area contributed by atoms with E-state index in [0.717, 1.165) is 22.2 Å². The summed E-state index contributed by atoms with van der Waals surface area (Å²) in [7, 11) is 4.10. The number of rotatable bonds is 5. The first kappa shape index (κ1) is 19.5. The summed E-state index contributed by atoms with van der Waals surface area (Å²) in [5, 5.41) is 4.25. The molecule has 1 saturated heterocycles. The third kappa shape index (κ3) is 3.60. The van der Waals surface area contributed by atoms with Gasteiger partial charge in [-0.05, 0) is 74.6 Å². The summed E-state index contributed by atoms with van der Waals surface area (Å²) in [4.78, 5) is 8.95. The Hall–Kier alpha value is -2.86. The average Bonchev–Trinajstić information content (AvgIpc) is 3.33. The van der Waals surface area contributed by atoms with Crippen LogP contribution in [-0.2, 0) is 0 Å². The Kier molecular flexibility index (Phi) is 5.28. The maximum absolute atomic E-state index is 5.81. The Labute approximate surface area is 178 Å². The highest BCUT2D eigenvalue weighted by molar-refractivity contribution is 7.80. The van der Waals surface area contributed by atoms with E-state index in [2.05, 4.69) is 87.2 Å². The van der Waals surface area contributed by atoms with Crippen molar-refractivity contribution in [2.75, 3.05) is 23.9 Å². The third-order valence-electron chi connectivity index (χ3n) is 5.41. The van der Waals surface area contributed by atoms with Crippen LogP contribution in [0.25, 0.3) is 0 Å². The first-order valence-corrected chi connectivity index (χ1v) is 10.3. The summed E-state index contributed by atoms with van der Waals surface area (Å²) >= 11 is 5.81. The largest absolute Gasteiger partial charge is 0.378 e. The number of hydrogen-bond donors (Lipinski definition) is 1. The van der Waals surface area contributed by atoms with Crippen LogP contribution in [0.4, 0.5) is 11.4 Å². The summed E-state index contributed by atoms with van der Waals surface area (Å²) in [5.41, 5.74) is 4.45. The zero-order valence-electron chi connectivity index (χ0n) is 17.3. The van der Waals surface area contributed by atoms with Gasteiger partial charge in [0.15, 0.2) is 5.11 Å². The molecule has 1 fully saturated rings. The van der Waals surface area contributed by atoms with Crippen LogP contribution in [-0.4, -0.2) is 28.8 Å². The van der Waals surface area contributed by atoms with Crippen molar-refractivity contribution in [3.63, 3.8) is 0 Å². The van der Waals surface area contributed by atoms with Crippen molar-refractivity contribution < 1.29 is 0 Å². The molecule has 2 aromatic heterocycles. The maximum Gasteiger partial charge on any atom is 0.174 e.